The predicted octanol–water partition coefficient (Wildman–Crippen LogP) is -0.319. The maximum atomic E-state index is 12.8. The molecule has 1 spiro atoms. The van der Waals surface area contributed by atoms with Crippen molar-refractivity contribution >= 4 is 29.2 Å². The van der Waals surface area contributed by atoms with Crippen LogP contribution in [0.4, 0.5) is 11.4 Å². The van der Waals surface area contributed by atoms with E-state index in [1.165, 1.54) is 11.8 Å². The topological polar surface area (TPSA) is 98.8 Å². The maximum Gasteiger partial charge on any atom is 0.234 e. The van der Waals surface area contributed by atoms with E-state index in [1.807, 2.05) is 0 Å². The van der Waals surface area contributed by atoms with Crippen molar-refractivity contribution in [2.24, 2.45) is 11.8 Å². The highest BCUT2D eigenvalue weighted by Crippen LogP contribution is 2.52. The number of amides is 2. The predicted molar refractivity (Wildman–Crippen MR) is 81.8 cm³/mol. The van der Waals surface area contributed by atoms with Crippen molar-refractivity contribution < 1.29 is 24.2 Å². The monoisotopic (exact) mass is 327 g/mol. The molecule has 4 rings (SSSR count). The summed E-state index contributed by atoms with van der Waals surface area (Å²) in [4.78, 5) is 36.8. The molecule has 0 aliphatic carbocycles. The van der Waals surface area contributed by atoms with Gasteiger partial charge in [-0.15, -0.1) is 0 Å². The second kappa shape index (κ2) is 4.91. The van der Waals surface area contributed by atoms with Crippen molar-refractivity contribution in [3.63, 3.8) is 0 Å². The Bertz CT molecular complexity index is 772. The molecular formula is C17H15N2O5-. The van der Waals surface area contributed by atoms with Crippen LogP contribution in [0.15, 0.2) is 36.4 Å². The quantitative estimate of drug-likeness (QED) is 0.767. The molecule has 3 aliphatic rings. The molecule has 2 saturated heterocycles. The van der Waals surface area contributed by atoms with Crippen molar-refractivity contribution in [1.29, 1.82) is 0 Å². The first-order valence-electron chi connectivity index (χ1n) is 7.68. The summed E-state index contributed by atoms with van der Waals surface area (Å²) in [5, 5.41) is 14.1. The fourth-order valence-electron chi connectivity index (χ4n) is 3.91. The summed E-state index contributed by atoms with van der Waals surface area (Å²) < 4.78 is 5.80. The van der Waals surface area contributed by atoms with Gasteiger partial charge < -0.3 is 24.9 Å². The summed E-state index contributed by atoms with van der Waals surface area (Å²) >= 11 is 0. The van der Waals surface area contributed by atoms with E-state index >= 15 is 0 Å². The molecule has 3 aliphatic heterocycles. The van der Waals surface area contributed by atoms with E-state index < -0.39 is 29.5 Å². The van der Waals surface area contributed by atoms with Crippen LogP contribution in [0.25, 0.3) is 0 Å². The maximum absolute atomic E-state index is 12.8. The number of hydrogen-bond donors (Lipinski definition) is 1. The van der Waals surface area contributed by atoms with Gasteiger partial charge in [-0.25, -0.2) is 0 Å². The number of carboxylic acid groups (broad SMARTS) is 1. The van der Waals surface area contributed by atoms with Gasteiger partial charge in [-0.2, -0.15) is 0 Å². The minimum absolute atomic E-state index is 0.180. The first-order valence-corrected chi connectivity index (χ1v) is 7.68. The zero-order valence-corrected chi connectivity index (χ0v) is 12.9. The second-order valence-electron chi connectivity index (χ2n) is 6.37. The van der Waals surface area contributed by atoms with Crippen LogP contribution in [-0.2, 0) is 19.1 Å². The summed E-state index contributed by atoms with van der Waals surface area (Å²) in [5.41, 5.74) is 0.374. The molecule has 0 unspecified atom stereocenters. The Labute approximate surface area is 137 Å². The van der Waals surface area contributed by atoms with E-state index in [-0.39, 0.29) is 18.4 Å². The Balaban J connectivity index is 1.63. The number of fused-ring (bicyclic) bond motifs is 1. The summed E-state index contributed by atoms with van der Waals surface area (Å²) in [6.07, 6.45) is 2.91. The number of anilines is 2. The number of ether oxygens (including phenoxy) is 1. The van der Waals surface area contributed by atoms with Crippen molar-refractivity contribution in [1.82, 2.24) is 0 Å². The SMILES string of the molecule is CC(=O)Nc1ccc(N2C[C@@]34C=C[C@H](O3)[C@H](C(=O)[O-])[C@@H]4C2=O)cc1. The molecule has 7 heteroatoms. The number of carbonyl (C=O) groups excluding carboxylic acids is 3. The van der Waals surface area contributed by atoms with Crippen LogP contribution in [-0.4, -0.2) is 36.0 Å². The largest absolute Gasteiger partial charge is 0.550 e. The minimum atomic E-state index is -1.26. The Kier molecular flexibility index (Phi) is 3.05. The van der Waals surface area contributed by atoms with E-state index in [4.69, 9.17) is 4.74 Å². The molecule has 1 aromatic rings. The fourth-order valence-corrected chi connectivity index (χ4v) is 3.91. The Morgan fingerprint density at radius 1 is 1.33 bits per heavy atom. The number of nitrogens with one attached hydrogen (secondary N) is 1. The minimum Gasteiger partial charge on any atom is -0.550 e. The standard InChI is InChI=1S/C17H16N2O5/c1-9(20)18-10-2-4-11(5-3-10)19-8-17-7-6-12(24-17)13(16(22)23)14(17)15(19)21/h2-7,12-14H,8H2,1H3,(H,18,20)(H,22,23)/p-1/t12-,13-,14+,17+/m0/s1. The van der Waals surface area contributed by atoms with Crippen molar-refractivity contribution in [2.75, 3.05) is 16.8 Å². The number of hydrogen-bond acceptors (Lipinski definition) is 5. The third-order valence-corrected chi connectivity index (χ3v) is 4.87. The smallest absolute Gasteiger partial charge is 0.234 e. The molecule has 0 aromatic heterocycles. The fraction of sp³-hybridized carbons (Fsp3) is 0.353. The first kappa shape index (κ1) is 14.9. The molecule has 1 aromatic carbocycles. The van der Waals surface area contributed by atoms with Gasteiger partial charge in [0.05, 0.1) is 18.6 Å². The molecule has 124 valence electrons. The Morgan fingerprint density at radius 2 is 2.04 bits per heavy atom. The summed E-state index contributed by atoms with van der Waals surface area (Å²) in [6, 6.07) is 6.82. The number of carbonyl (C=O) groups is 3. The molecule has 2 bridgehead atoms. The van der Waals surface area contributed by atoms with Gasteiger partial charge >= 0.3 is 0 Å². The number of nitrogens with zero attached hydrogens (tertiary/aromatic N) is 1. The van der Waals surface area contributed by atoms with Gasteiger partial charge in [-0.3, -0.25) is 9.59 Å². The van der Waals surface area contributed by atoms with Crippen molar-refractivity contribution in [3.8, 4) is 0 Å². The summed E-state index contributed by atoms with van der Waals surface area (Å²) in [5.74, 6) is -3.42. The highest BCUT2D eigenvalue weighted by Gasteiger charge is 2.65. The van der Waals surface area contributed by atoms with Gasteiger partial charge in [0, 0.05) is 30.2 Å². The molecule has 3 heterocycles. The number of rotatable bonds is 3. The molecule has 0 radical (unpaired) electrons. The van der Waals surface area contributed by atoms with Gasteiger partial charge in [-0.1, -0.05) is 12.2 Å². The van der Waals surface area contributed by atoms with Crippen LogP contribution in [0.2, 0.25) is 0 Å². The molecular weight excluding hydrogens is 312 g/mol. The average Bonchev–Trinajstić information content (AvgIpc) is 3.16. The lowest BCUT2D eigenvalue weighted by Crippen LogP contribution is -2.45. The lowest BCUT2D eigenvalue weighted by Gasteiger charge is -2.24. The normalized spacial score (nSPS) is 33.0. The third kappa shape index (κ3) is 1.98. The third-order valence-electron chi connectivity index (χ3n) is 4.87. The van der Waals surface area contributed by atoms with Crippen LogP contribution in [0, 0.1) is 11.8 Å². The number of benzene rings is 1. The molecule has 4 atom stereocenters. The highest BCUT2D eigenvalue weighted by molar-refractivity contribution is 6.02. The van der Waals surface area contributed by atoms with Crippen LogP contribution in [0.3, 0.4) is 0 Å². The van der Waals surface area contributed by atoms with Crippen LogP contribution >= 0.6 is 0 Å². The van der Waals surface area contributed by atoms with E-state index in [1.54, 1.807) is 36.4 Å². The van der Waals surface area contributed by atoms with Crippen LogP contribution < -0.4 is 15.3 Å². The average molecular weight is 327 g/mol. The summed E-state index contributed by atoms with van der Waals surface area (Å²) in [7, 11) is 0. The van der Waals surface area contributed by atoms with Gasteiger partial charge in [0.15, 0.2) is 0 Å². The molecule has 2 fully saturated rings. The molecule has 0 saturated carbocycles. The Morgan fingerprint density at radius 3 is 2.67 bits per heavy atom. The van der Waals surface area contributed by atoms with Crippen molar-refractivity contribution in [2.45, 2.75) is 18.6 Å². The molecule has 2 amide bonds. The Hall–Kier alpha value is -2.67. The molecule has 1 N–H and O–H groups in total. The van der Waals surface area contributed by atoms with E-state index in [0.717, 1.165) is 0 Å². The second-order valence-corrected chi connectivity index (χ2v) is 6.37. The zero-order valence-electron chi connectivity index (χ0n) is 12.9. The number of aliphatic carboxylic acids is 1. The highest BCUT2D eigenvalue weighted by atomic mass is 16.5. The lowest BCUT2D eigenvalue weighted by atomic mass is 9.77. The van der Waals surface area contributed by atoms with E-state index in [2.05, 4.69) is 5.32 Å². The molecule has 24 heavy (non-hydrogen) atoms. The van der Waals surface area contributed by atoms with Gasteiger partial charge in [0.25, 0.3) is 0 Å². The zero-order chi connectivity index (χ0) is 17.1. The van der Waals surface area contributed by atoms with Gasteiger partial charge in [-0.05, 0) is 24.3 Å². The number of carboxylic acids is 1. The van der Waals surface area contributed by atoms with E-state index in [9.17, 15) is 19.5 Å². The van der Waals surface area contributed by atoms with Gasteiger partial charge in [0.2, 0.25) is 11.8 Å². The van der Waals surface area contributed by atoms with Crippen molar-refractivity contribution in [3.05, 3.63) is 36.4 Å². The van der Waals surface area contributed by atoms with E-state index in [0.29, 0.717) is 11.4 Å². The van der Waals surface area contributed by atoms with Gasteiger partial charge in [0.1, 0.15) is 5.60 Å². The van der Waals surface area contributed by atoms with Crippen LogP contribution in [0.5, 0.6) is 0 Å². The lowest BCUT2D eigenvalue weighted by molar-refractivity contribution is -0.313. The van der Waals surface area contributed by atoms with Crippen LogP contribution in [0.1, 0.15) is 6.92 Å². The summed E-state index contributed by atoms with van der Waals surface area (Å²) in [6.45, 7) is 1.69. The first-order chi connectivity index (χ1) is 11.4. The molecule has 7 nitrogen and oxygen atoms in total.